The molecule has 0 aromatic rings. The first-order chi connectivity index (χ1) is 7.53. The van der Waals surface area contributed by atoms with Crippen LogP contribution in [0.3, 0.4) is 0 Å². The zero-order valence-electron chi connectivity index (χ0n) is 10.2. The lowest BCUT2D eigenvalue weighted by molar-refractivity contribution is -0.170. The van der Waals surface area contributed by atoms with Crippen LogP contribution in [0, 0.1) is 5.41 Å². The van der Waals surface area contributed by atoms with Crippen molar-refractivity contribution in [1.29, 1.82) is 0 Å². The van der Waals surface area contributed by atoms with E-state index < -0.39 is 11.5 Å². The summed E-state index contributed by atoms with van der Waals surface area (Å²) in [5.41, 5.74) is -0.609. The second-order valence-corrected chi connectivity index (χ2v) is 4.34. The van der Waals surface area contributed by atoms with Crippen LogP contribution in [0.5, 0.6) is 0 Å². The number of rotatable bonds is 4. The highest BCUT2D eigenvalue weighted by atomic mass is 16.6. The summed E-state index contributed by atoms with van der Waals surface area (Å²) >= 11 is 0. The van der Waals surface area contributed by atoms with Crippen molar-refractivity contribution < 1.29 is 19.1 Å². The van der Waals surface area contributed by atoms with Gasteiger partial charge in [-0.25, -0.2) is 0 Å². The Hall–Kier alpha value is -1.06. The van der Waals surface area contributed by atoms with Gasteiger partial charge in [0.2, 0.25) is 0 Å². The van der Waals surface area contributed by atoms with Crippen molar-refractivity contribution in [3.05, 3.63) is 0 Å². The van der Waals surface area contributed by atoms with E-state index >= 15 is 0 Å². The fraction of sp³-hybridized carbons (Fsp3) is 0.833. The lowest BCUT2D eigenvalue weighted by atomic mass is 9.81. The number of hydrogen-bond donors (Lipinski definition) is 0. The molecule has 4 heteroatoms. The van der Waals surface area contributed by atoms with E-state index in [0.717, 1.165) is 25.7 Å². The van der Waals surface area contributed by atoms with Crippen molar-refractivity contribution in [2.75, 3.05) is 6.61 Å². The first kappa shape index (κ1) is 13.0. The first-order valence-electron chi connectivity index (χ1n) is 5.87. The van der Waals surface area contributed by atoms with Crippen LogP contribution in [0.4, 0.5) is 0 Å². The molecule has 0 bridgehead atoms. The van der Waals surface area contributed by atoms with E-state index in [9.17, 15) is 9.59 Å². The van der Waals surface area contributed by atoms with Crippen LogP contribution in [0.2, 0.25) is 0 Å². The van der Waals surface area contributed by atoms with Crippen molar-refractivity contribution in [2.45, 2.75) is 52.6 Å². The number of hydrogen-bond acceptors (Lipinski definition) is 4. The quantitative estimate of drug-likeness (QED) is 0.691. The number of ether oxygens (including phenoxy) is 2. The molecule has 0 radical (unpaired) electrons. The van der Waals surface area contributed by atoms with Gasteiger partial charge < -0.3 is 9.47 Å². The van der Waals surface area contributed by atoms with Gasteiger partial charge in [0.05, 0.1) is 6.61 Å². The summed E-state index contributed by atoms with van der Waals surface area (Å²) in [7, 11) is 0. The molecule has 0 aromatic carbocycles. The van der Waals surface area contributed by atoms with Gasteiger partial charge in [-0.3, -0.25) is 9.59 Å². The van der Waals surface area contributed by atoms with Crippen molar-refractivity contribution in [1.82, 2.24) is 0 Å². The second kappa shape index (κ2) is 5.32. The third-order valence-electron chi connectivity index (χ3n) is 3.30. The predicted octanol–water partition coefficient (Wildman–Crippen LogP) is 2.06. The molecular formula is C12H20O4. The molecule has 1 unspecified atom stereocenters. The predicted molar refractivity (Wildman–Crippen MR) is 58.8 cm³/mol. The van der Waals surface area contributed by atoms with E-state index in [4.69, 9.17) is 9.47 Å². The van der Waals surface area contributed by atoms with Gasteiger partial charge in [0, 0.05) is 6.92 Å². The average molecular weight is 228 g/mol. The molecule has 1 aliphatic rings. The van der Waals surface area contributed by atoms with E-state index in [2.05, 4.69) is 0 Å². The van der Waals surface area contributed by atoms with Crippen LogP contribution in [-0.2, 0) is 19.1 Å². The van der Waals surface area contributed by atoms with E-state index in [1.165, 1.54) is 6.92 Å². The SMILES string of the molecule is CCOC(=O)C1(C(C)OC(C)=O)CCCC1. The van der Waals surface area contributed by atoms with Gasteiger partial charge in [-0.05, 0) is 26.7 Å². The normalized spacial score (nSPS) is 20.2. The Morgan fingerprint density at radius 1 is 1.31 bits per heavy atom. The molecule has 0 saturated heterocycles. The Morgan fingerprint density at radius 2 is 1.88 bits per heavy atom. The van der Waals surface area contributed by atoms with Gasteiger partial charge in [0.25, 0.3) is 0 Å². The number of carbonyl (C=O) groups excluding carboxylic acids is 2. The van der Waals surface area contributed by atoms with Crippen molar-refractivity contribution in [3.8, 4) is 0 Å². The van der Waals surface area contributed by atoms with Gasteiger partial charge in [0.1, 0.15) is 11.5 Å². The maximum absolute atomic E-state index is 12.0. The highest BCUT2D eigenvalue weighted by Gasteiger charge is 2.48. The Kier molecular flexibility index (Phi) is 4.33. The zero-order valence-corrected chi connectivity index (χ0v) is 10.2. The molecular weight excluding hydrogens is 208 g/mol. The lowest BCUT2D eigenvalue weighted by Gasteiger charge is -2.31. The monoisotopic (exact) mass is 228 g/mol. The van der Waals surface area contributed by atoms with Gasteiger partial charge in [-0.1, -0.05) is 12.8 Å². The molecule has 0 aliphatic heterocycles. The molecule has 0 heterocycles. The first-order valence-corrected chi connectivity index (χ1v) is 5.87. The summed E-state index contributed by atoms with van der Waals surface area (Å²) in [4.78, 5) is 22.9. The van der Waals surface area contributed by atoms with E-state index in [1.807, 2.05) is 0 Å². The fourth-order valence-electron chi connectivity index (χ4n) is 2.42. The third-order valence-corrected chi connectivity index (χ3v) is 3.30. The maximum Gasteiger partial charge on any atom is 0.315 e. The molecule has 1 aliphatic carbocycles. The molecule has 1 fully saturated rings. The molecule has 1 saturated carbocycles. The van der Waals surface area contributed by atoms with Gasteiger partial charge >= 0.3 is 11.9 Å². The fourth-order valence-corrected chi connectivity index (χ4v) is 2.42. The smallest absolute Gasteiger partial charge is 0.315 e. The van der Waals surface area contributed by atoms with Crippen molar-refractivity contribution >= 4 is 11.9 Å². The summed E-state index contributed by atoms with van der Waals surface area (Å²) in [5.74, 6) is -0.565. The molecule has 0 aromatic heterocycles. The molecule has 0 N–H and O–H groups in total. The van der Waals surface area contributed by atoms with Crippen LogP contribution in [-0.4, -0.2) is 24.6 Å². The molecule has 16 heavy (non-hydrogen) atoms. The number of esters is 2. The van der Waals surface area contributed by atoms with Crippen LogP contribution >= 0.6 is 0 Å². The highest BCUT2D eigenvalue weighted by Crippen LogP contribution is 2.43. The maximum atomic E-state index is 12.0. The molecule has 1 atom stereocenters. The second-order valence-electron chi connectivity index (χ2n) is 4.34. The van der Waals surface area contributed by atoms with Gasteiger partial charge in [-0.15, -0.1) is 0 Å². The molecule has 0 amide bonds. The van der Waals surface area contributed by atoms with Crippen LogP contribution in [0.1, 0.15) is 46.5 Å². The Labute approximate surface area is 96.3 Å². The minimum Gasteiger partial charge on any atom is -0.465 e. The summed E-state index contributed by atoms with van der Waals surface area (Å²) in [6, 6.07) is 0. The highest BCUT2D eigenvalue weighted by molar-refractivity contribution is 5.78. The summed E-state index contributed by atoms with van der Waals surface area (Å²) in [6.07, 6.45) is 3.08. The Bertz CT molecular complexity index is 266. The van der Waals surface area contributed by atoms with E-state index in [-0.39, 0.29) is 11.9 Å². The van der Waals surface area contributed by atoms with Crippen molar-refractivity contribution in [2.24, 2.45) is 5.41 Å². The minimum absolute atomic E-state index is 0.221. The standard InChI is InChI=1S/C12H20O4/c1-4-15-11(14)12(7-5-6-8-12)9(2)16-10(3)13/h9H,4-8H2,1-3H3. The van der Waals surface area contributed by atoms with E-state index in [0.29, 0.717) is 6.61 Å². The van der Waals surface area contributed by atoms with Crippen molar-refractivity contribution in [3.63, 3.8) is 0 Å². The summed E-state index contributed by atoms with van der Waals surface area (Å²) in [5, 5.41) is 0. The average Bonchev–Trinajstić information content (AvgIpc) is 2.66. The topological polar surface area (TPSA) is 52.6 Å². The minimum atomic E-state index is -0.609. The van der Waals surface area contributed by atoms with Crippen LogP contribution in [0.25, 0.3) is 0 Å². The molecule has 0 spiro atoms. The van der Waals surface area contributed by atoms with Crippen LogP contribution in [0.15, 0.2) is 0 Å². The molecule has 4 nitrogen and oxygen atoms in total. The number of carbonyl (C=O) groups is 2. The molecule has 92 valence electrons. The third kappa shape index (κ3) is 2.54. The summed E-state index contributed by atoms with van der Waals surface area (Å²) < 4.78 is 10.3. The Balaban J connectivity index is 2.79. The van der Waals surface area contributed by atoms with E-state index in [1.54, 1.807) is 13.8 Å². The Morgan fingerprint density at radius 3 is 2.31 bits per heavy atom. The van der Waals surface area contributed by atoms with Gasteiger partial charge in [0.15, 0.2) is 0 Å². The largest absolute Gasteiger partial charge is 0.465 e. The van der Waals surface area contributed by atoms with Gasteiger partial charge in [-0.2, -0.15) is 0 Å². The lowest BCUT2D eigenvalue weighted by Crippen LogP contribution is -2.42. The van der Waals surface area contributed by atoms with Crippen LogP contribution < -0.4 is 0 Å². The molecule has 1 rings (SSSR count). The summed E-state index contributed by atoms with van der Waals surface area (Å²) in [6.45, 7) is 5.30. The zero-order chi connectivity index (χ0) is 12.2.